The lowest BCUT2D eigenvalue weighted by atomic mass is 9.63. The second kappa shape index (κ2) is 8.17. The summed E-state index contributed by atoms with van der Waals surface area (Å²) in [4.78, 5) is 0. The molecule has 0 heterocycles. The second-order valence-corrected chi connectivity index (χ2v) is 8.96. The summed E-state index contributed by atoms with van der Waals surface area (Å²) in [6, 6.07) is 10.6. The molecule has 4 unspecified atom stereocenters. The lowest BCUT2D eigenvalue weighted by Gasteiger charge is -2.42. The minimum atomic E-state index is -0.0394. The third kappa shape index (κ3) is 3.84. The number of hydrogen-bond donors (Lipinski definition) is 0. The average Bonchev–Trinajstić information content (AvgIpc) is 2.72. The van der Waals surface area contributed by atoms with Crippen LogP contribution < -0.4 is 0 Å². The molecule has 2 aromatic rings. The van der Waals surface area contributed by atoms with Crippen LogP contribution in [0.15, 0.2) is 43.0 Å². The lowest BCUT2D eigenvalue weighted by Crippen LogP contribution is -2.30. The van der Waals surface area contributed by atoms with E-state index in [0.29, 0.717) is 5.92 Å². The van der Waals surface area contributed by atoms with Crippen molar-refractivity contribution in [3.63, 3.8) is 0 Å². The van der Waals surface area contributed by atoms with Gasteiger partial charge in [0.05, 0.1) is 0 Å². The predicted octanol–water partition coefficient (Wildman–Crippen LogP) is 7.81. The van der Waals surface area contributed by atoms with Crippen molar-refractivity contribution >= 4 is 10.8 Å². The summed E-state index contributed by atoms with van der Waals surface area (Å²) in [6.07, 6.45) is 13.1. The van der Waals surface area contributed by atoms with Gasteiger partial charge in [-0.1, -0.05) is 56.2 Å². The molecule has 2 aliphatic rings. The summed E-state index contributed by atoms with van der Waals surface area (Å²) in [5, 5.41) is 1.83. The summed E-state index contributed by atoms with van der Waals surface area (Å²) in [5.41, 5.74) is 2.24. The van der Waals surface area contributed by atoms with Gasteiger partial charge in [0, 0.05) is 5.39 Å². The molecule has 0 bridgehead atoms. The molecule has 4 atom stereocenters. The molecule has 144 valence electrons. The number of fused-ring (bicyclic) bond motifs is 2. The SMILES string of the molecule is C=CCCc1ccc2cc(C3CCC4CC(CC)CCC4C3)ccc2c1F. The zero-order valence-electron chi connectivity index (χ0n) is 16.7. The monoisotopic (exact) mass is 364 g/mol. The minimum absolute atomic E-state index is 0.0394. The standard InChI is InChI=1S/C26H33F/c1-3-5-6-19-9-12-24-17-23(13-14-25(24)26(19)27)22-11-10-20-15-18(4-2)7-8-21(20)16-22/h3,9,12-14,17-18,20-22H,1,4-8,10-11,15-16H2,2H3. The molecular weight excluding hydrogens is 331 g/mol. The van der Waals surface area contributed by atoms with Gasteiger partial charge in [0.1, 0.15) is 5.82 Å². The average molecular weight is 365 g/mol. The van der Waals surface area contributed by atoms with Crippen LogP contribution in [0.3, 0.4) is 0 Å². The maximum atomic E-state index is 14.8. The van der Waals surface area contributed by atoms with Crippen molar-refractivity contribution in [1.29, 1.82) is 0 Å². The van der Waals surface area contributed by atoms with Crippen molar-refractivity contribution in [3.8, 4) is 0 Å². The molecule has 0 spiro atoms. The van der Waals surface area contributed by atoms with E-state index in [1.165, 1.54) is 50.5 Å². The third-order valence-corrected chi connectivity index (χ3v) is 7.45. The molecule has 0 amide bonds. The summed E-state index contributed by atoms with van der Waals surface area (Å²) in [5.74, 6) is 3.48. The molecule has 0 aliphatic heterocycles. The molecule has 2 saturated carbocycles. The highest BCUT2D eigenvalue weighted by Crippen LogP contribution is 2.48. The number of aryl methyl sites for hydroxylation is 1. The summed E-state index contributed by atoms with van der Waals surface area (Å²) >= 11 is 0. The molecule has 0 radical (unpaired) electrons. The van der Waals surface area contributed by atoms with Crippen LogP contribution in [0.2, 0.25) is 0 Å². The van der Waals surface area contributed by atoms with E-state index in [9.17, 15) is 4.39 Å². The molecule has 0 nitrogen and oxygen atoms in total. The molecule has 1 heteroatoms. The van der Waals surface area contributed by atoms with E-state index < -0.39 is 0 Å². The Hall–Kier alpha value is -1.63. The lowest BCUT2D eigenvalue weighted by molar-refractivity contribution is 0.116. The van der Waals surface area contributed by atoms with Crippen molar-refractivity contribution in [2.75, 3.05) is 0 Å². The fraction of sp³-hybridized carbons (Fsp3) is 0.538. The van der Waals surface area contributed by atoms with Crippen LogP contribution in [0.25, 0.3) is 10.8 Å². The minimum Gasteiger partial charge on any atom is -0.206 e. The number of hydrogen-bond acceptors (Lipinski definition) is 0. The fourth-order valence-electron chi connectivity index (χ4n) is 5.72. The molecule has 2 fully saturated rings. The molecule has 0 saturated heterocycles. The van der Waals surface area contributed by atoms with E-state index in [4.69, 9.17) is 0 Å². The molecule has 2 aliphatic carbocycles. The molecule has 4 rings (SSSR count). The molecule has 2 aromatic carbocycles. The quantitative estimate of drug-likeness (QED) is 0.475. The maximum Gasteiger partial charge on any atom is 0.134 e. The van der Waals surface area contributed by atoms with Crippen LogP contribution in [-0.2, 0) is 6.42 Å². The largest absolute Gasteiger partial charge is 0.206 e. The van der Waals surface area contributed by atoms with E-state index in [1.807, 2.05) is 18.2 Å². The van der Waals surface area contributed by atoms with Gasteiger partial charge < -0.3 is 0 Å². The van der Waals surface area contributed by atoms with Crippen molar-refractivity contribution in [1.82, 2.24) is 0 Å². The zero-order valence-corrected chi connectivity index (χ0v) is 16.7. The smallest absolute Gasteiger partial charge is 0.134 e. The number of halogens is 1. The van der Waals surface area contributed by atoms with Crippen LogP contribution in [0, 0.1) is 23.6 Å². The summed E-state index contributed by atoms with van der Waals surface area (Å²) in [6.45, 7) is 6.10. The third-order valence-electron chi connectivity index (χ3n) is 7.45. The van der Waals surface area contributed by atoms with Crippen molar-refractivity contribution in [3.05, 3.63) is 59.9 Å². The van der Waals surface area contributed by atoms with E-state index in [2.05, 4.69) is 31.7 Å². The van der Waals surface area contributed by atoms with Crippen LogP contribution in [-0.4, -0.2) is 0 Å². The van der Waals surface area contributed by atoms with Gasteiger partial charge in [0.15, 0.2) is 0 Å². The normalized spacial score (nSPS) is 28.1. The van der Waals surface area contributed by atoms with Gasteiger partial charge in [0.2, 0.25) is 0 Å². The van der Waals surface area contributed by atoms with E-state index in [1.54, 1.807) is 0 Å². The van der Waals surface area contributed by atoms with Gasteiger partial charge in [-0.25, -0.2) is 4.39 Å². The van der Waals surface area contributed by atoms with Crippen molar-refractivity contribution in [2.45, 2.75) is 70.6 Å². The first-order valence-corrected chi connectivity index (χ1v) is 11.0. The highest BCUT2D eigenvalue weighted by molar-refractivity contribution is 5.84. The second-order valence-electron chi connectivity index (χ2n) is 8.96. The Morgan fingerprint density at radius 3 is 2.67 bits per heavy atom. The Balaban J connectivity index is 1.52. The zero-order chi connectivity index (χ0) is 18.8. The van der Waals surface area contributed by atoms with Gasteiger partial charge in [-0.2, -0.15) is 0 Å². The highest BCUT2D eigenvalue weighted by atomic mass is 19.1. The van der Waals surface area contributed by atoms with Crippen molar-refractivity contribution in [2.24, 2.45) is 17.8 Å². The van der Waals surface area contributed by atoms with Crippen LogP contribution in [0.1, 0.15) is 75.3 Å². The number of benzene rings is 2. The Morgan fingerprint density at radius 1 is 1.04 bits per heavy atom. The van der Waals surface area contributed by atoms with Gasteiger partial charge in [0.25, 0.3) is 0 Å². The van der Waals surface area contributed by atoms with Gasteiger partial charge in [-0.3, -0.25) is 0 Å². The molecule has 0 aromatic heterocycles. The van der Waals surface area contributed by atoms with Crippen molar-refractivity contribution < 1.29 is 4.39 Å². The Morgan fingerprint density at radius 2 is 1.85 bits per heavy atom. The molecule has 0 N–H and O–H groups in total. The first-order chi connectivity index (χ1) is 13.2. The van der Waals surface area contributed by atoms with E-state index in [-0.39, 0.29) is 5.82 Å². The van der Waals surface area contributed by atoms with Gasteiger partial charge >= 0.3 is 0 Å². The van der Waals surface area contributed by atoms with Crippen LogP contribution in [0.4, 0.5) is 4.39 Å². The topological polar surface area (TPSA) is 0 Å². The fourth-order valence-corrected chi connectivity index (χ4v) is 5.72. The van der Waals surface area contributed by atoms with Gasteiger partial charge in [-0.05, 0) is 85.1 Å². The maximum absolute atomic E-state index is 14.8. The first-order valence-electron chi connectivity index (χ1n) is 11.0. The summed E-state index contributed by atoms with van der Waals surface area (Å²) < 4.78 is 14.8. The number of allylic oxidation sites excluding steroid dienone is 1. The Bertz CT molecular complexity index is 805. The Labute approximate surface area is 163 Å². The van der Waals surface area contributed by atoms with Crippen LogP contribution in [0.5, 0.6) is 0 Å². The van der Waals surface area contributed by atoms with Crippen LogP contribution >= 0.6 is 0 Å². The summed E-state index contributed by atoms with van der Waals surface area (Å²) in [7, 11) is 0. The highest BCUT2D eigenvalue weighted by Gasteiger charge is 2.35. The van der Waals surface area contributed by atoms with Gasteiger partial charge in [-0.15, -0.1) is 6.58 Å². The first kappa shape index (κ1) is 18.7. The van der Waals surface area contributed by atoms with E-state index >= 15 is 0 Å². The number of rotatable bonds is 5. The molecule has 27 heavy (non-hydrogen) atoms. The predicted molar refractivity (Wildman–Crippen MR) is 114 cm³/mol. The molecular formula is C26H33F. The van der Waals surface area contributed by atoms with E-state index in [0.717, 1.165) is 46.9 Å². The Kier molecular flexibility index (Phi) is 5.66.